The Morgan fingerprint density at radius 1 is 1.24 bits per heavy atom. The van der Waals surface area contributed by atoms with Crippen LogP contribution in [0.3, 0.4) is 0 Å². The van der Waals surface area contributed by atoms with Crippen LogP contribution in [-0.4, -0.2) is 27.9 Å². The molecule has 17 heavy (non-hydrogen) atoms. The number of aromatic nitrogens is 2. The number of rotatable bonds is 2. The van der Waals surface area contributed by atoms with Crippen molar-refractivity contribution in [3.63, 3.8) is 0 Å². The van der Waals surface area contributed by atoms with Crippen molar-refractivity contribution in [1.82, 2.24) is 9.78 Å². The van der Waals surface area contributed by atoms with E-state index < -0.39 is 29.7 Å². The van der Waals surface area contributed by atoms with Gasteiger partial charge >= 0.3 is 12.4 Å². The number of ketones is 1. The quantitative estimate of drug-likeness (QED) is 0.604. The van der Waals surface area contributed by atoms with E-state index in [4.69, 9.17) is 0 Å². The highest BCUT2D eigenvalue weighted by atomic mass is 19.4. The summed E-state index contributed by atoms with van der Waals surface area (Å²) in [5, 5.41) is 3.23. The van der Waals surface area contributed by atoms with Crippen molar-refractivity contribution in [2.75, 3.05) is 0 Å². The van der Waals surface area contributed by atoms with Crippen LogP contribution in [0.15, 0.2) is 12.3 Å². The summed E-state index contributed by atoms with van der Waals surface area (Å²) < 4.78 is 74.0. The summed E-state index contributed by atoms with van der Waals surface area (Å²) in [6.45, 7) is 0. The smallest absolute Gasteiger partial charge is 0.291 e. The minimum atomic E-state index is -5.69. The van der Waals surface area contributed by atoms with Gasteiger partial charge in [0.1, 0.15) is 5.69 Å². The Bertz CT molecular complexity index is 404. The van der Waals surface area contributed by atoms with Crippen LogP contribution in [-0.2, 0) is 7.05 Å². The van der Waals surface area contributed by atoms with E-state index in [1.54, 1.807) is 0 Å². The number of carbonyl (C=O) groups is 1. The van der Waals surface area contributed by atoms with Crippen LogP contribution < -0.4 is 0 Å². The molecule has 0 fully saturated rings. The molecule has 0 amide bonds. The average Bonchev–Trinajstić information content (AvgIpc) is 2.45. The number of Topliss-reactive ketones (excluding diaryl/α,β-unsaturated/α-hetero) is 1. The fraction of sp³-hybridized carbons (Fsp3) is 0.500. The summed E-state index contributed by atoms with van der Waals surface area (Å²) in [5.41, 5.74) is -0.868. The van der Waals surface area contributed by atoms with Gasteiger partial charge in [0.15, 0.2) is 0 Å². The number of halogens is 6. The summed E-state index contributed by atoms with van der Waals surface area (Å²) in [6.07, 6.45) is -10.3. The maximum absolute atomic E-state index is 12.2. The highest BCUT2D eigenvalue weighted by molar-refractivity contribution is 5.97. The molecule has 0 radical (unpaired) electrons. The van der Waals surface area contributed by atoms with E-state index in [1.807, 2.05) is 0 Å². The molecule has 1 heterocycles. The molecule has 0 saturated heterocycles. The Morgan fingerprint density at radius 2 is 1.71 bits per heavy atom. The predicted octanol–water partition coefficient (Wildman–Crippen LogP) is 2.34. The van der Waals surface area contributed by atoms with Gasteiger partial charge < -0.3 is 0 Å². The Kier molecular flexibility index (Phi) is 3.22. The van der Waals surface area contributed by atoms with E-state index in [9.17, 15) is 31.1 Å². The Balaban J connectivity index is 3.13. The standard InChI is InChI=1S/C8H6F6N2O/c1-16-3-2-4(15-16)5(17)6(7(9,10)11)8(12,13)14/h2-3,6H,1H3. The van der Waals surface area contributed by atoms with E-state index in [0.29, 0.717) is 0 Å². The molecule has 0 atom stereocenters. The van der Waals surface area contributed by atoms with Gasteiger partial charge in [0, 0.05) is 13.2 Å². The molecule has 0 bridgehead atoms. The van der Waals surface area contributed by atoms with Crippen molar-refractivity contribution in [3.8, 4) is 0 Å². The van der Waals surface area contributed by atoms with Crippen molar-refractivity contribution in [2.45, 2.75) is 12.4 Å². The Hall–Kier alpha value is -1.54. The topological polar surface area (TPSA) is 34.9 Å². The van der Waals surface area contributed by atoms with E-state index >= 15 is 0 Å². The average molecular weight is 260 g/mol. The van der Waals surface area contributed by atoms with Gasteiger partial charge in [0.05, 0.1) is 0 Å². The SMILES string of the molecule is Cn1ccc(C(=O)C(C(F)(F)F)C(F)(F)F)n1. The third-order valence-corrected chi connectivity index (χ3v) is 1.88. The minimum absolute atomic E-state index is 0.798. The molecule has 0 N–H and O–H groups in total. The van der Waals surface area contributed by atoms with Crippen molar-refractivity contribution in [3.05, 3.63) is 18.0 Å². The van der Waals surface area contributed by atoms with Gasteiger partial charge in [-0.05, 0) is 6.07 Å². The number of nitrogens with zero attached hydrogens (tertiary/aromatic N) is 2. The van der Waals surface area contributed by atoms with Crippen molar-refractivity contribution < 1.29 is 31.1 Å². The van der Waals surface area contributed by atoms with Crippen LogP contribution in [0.4, 0.5) is 26.3 Å². The lowest BCUT2D eigenvalue weighted by atomic mass is 10.0. The largest absolute Gasteiger partial charge is 0.407 e. The molecule has 0 aromatic carbocycles. The number of alkyl halides is 6. The second-order valence-corrected chi connectivity index (χ2v) is 3.26. The molecule has 0 saturated carbocycles. The van der Waals surface area contributed by atoms with E-state index in [-0.39, 0.29) is 0 Å². The monoisotopic (exact) mass is 260 g/mol. The first-order chi connectivity index (χ1) is 7.53. The summed E-state index contributed by atoms with van der Waals surface area (Å²) in [6, 6.07) is 0.798. The van der Waals surface area contributed by atoms with E-state index in [1.165, 1.54) is 7.05 Å². The van der Waals surface area contributed by atoms with Gasteiger partial charge in [-0.25, -0.2) is 0 Å². The molecule has 0 aliphatic heterocycles. The molecule has 3 nitrogen and oxygen atoms in total. The second-order valence-electron chi connectivity index (χ2n) is 3.26. The zero-order chi connectivity index (χ0) is 13.4. The molecule has 1 aromatic heterocycles. The highest BCUT2D eigenvalue weighted by Crippen LogP contribution is 2.40. The van der Waals surface area contributed by atoms with Gasteiger partial charge in [-0.15, -0.1) is 0 Å². The summed E-state index contributed by atoms with van der Waals surface area (Å²) in [7, 11) is 1.27. The van der Waals surface area contributed by atoms with Gasteiger partial charge in [0.2, 0.25) is 11.7 Å². The Morgan fingerprint density at radius 3 is 2.00 bits per heavy atom. The Labute approximate surface area is 91.0 Å². The van der Waals surface area contributed by atoms with Gasteiger partial charge in [-0.3, -0.25) is 9.48 Å². The molecule has 0 spiro atoms. The van der Waals surface area contributed by atoms with Crippen molar-refractivity contribution in [1.29, 1.82) is 0 Å². The number of hydrogen-bond donors (Lipinski definition) is 0. The normalized spacial score (nSPS) is 13.2. The molecule has 1 aromatic rings. The zero-order valence-corrected chi connectivity index (χ0v) is 8.30. The van der Waals surface area contributed by atoms with Crippen LogP contribution in [0.25, 0.3) is 0 Å². The van der Waals surface area contributed by atoms with Crippen LogP contribution in [0.1, 0.15) is 10.5 Å². The first kappa shape index (κ1) is 13.5. The molecule has 96 valence electrons. The van der Waals surface area contributed by atoms with E-state index in [2.05, 4.69) is 5.10 Å². The lowest BCUT2D eigenvalue weighted by Gasteiger charge is -2.20. The lowest BCUT2D eigenvalue weighted by molar-refractivity contribution is -0.265. The summed E-state index contributed by atoms with van der Waals surface area (Å²) in [5.74, 6) is -6.14. The maximum Gasteiger partial charge on any atom is 0.407 e. The number of hydrogen-bond acceptors (Lipinski definition) is 2. The van der Waals surface area contributed by atoms with E-state index in [0.717, 1.165) is 16.9 Å². The summed E-state index contributed by atoms with van der Waals surface area (Å²) >= 11 is 0. The third kappa shape index (κ3) is 2.98. The predicted molar refractivity (Wildman–Crippen MR) is 43.1 cm³/mol. The van der Waals surface area contributed by atoms with Gasteiger partial charge in [0.25, 0.3) is 0 Å². The number of carbonyl (C=O) groups excluding carboxylic acids is 1. The van der Waals surface area contributed by atoms with Gasteiger partial charge in [-0.2, -0.15) is 31.4 Å². The zero-order valence-electron chi connectivity index (χ0n) is 8.30. The van der Waals surface area contributed by atoms with Crippen molar-refractivity contribution >= 4 is 5.78 Å². The van der Waals surface area contributed by atoms with Crippen molar-refractivity contribution in [2.24, 2.45) is 13.0 Å². The lowest BCUT2D eigenvalue weighted by Crippen LogP contribution is -2.42. The maximum atomic E-state index is 12.2. The molecule has 0 unspecified atom stereocenters. The number of aryl methyl sites for hydroxylation is 1. The van der Waals surface area contributed by atoms with Crippen LogP contribution in [0.5, 0.6) is 0 Å². The van der Waals surface area contributed by atoms with Crippen LogP contribution in [0, 0.1) is 5.92 Å². The molecular weight excluding hydrogens is 254 g/mol. The highest BCUT2D eigenvalue weighted by Gasteiger charge is 2.61. The van der Waals surface area contributed by atoms with Crippen LogP contribution in [0.2, 0.25) is 0 Å². The fourth-order valence-corrected chi connectivity index (χ4v) is 1.18. The third-order valence-electron chi connectivity index (χ3n) is 1.88. The summed E-state index contributed by atoms with van der Waals surface area (Å²) in [4.78, 5) is 11.1. The second kappa shape index (κ2) is 4.04. The molecular formula is C8H6F6N2O. The molecule has 9 heteroatoms. The molecule has 0 aliphatic rings. The van der Waals surface area contributed by atoms with Gasteiger partial charge in [-0.1, -0.05) is 0 Å². The first-order valence-electron chi connectivity index (χ1n) is 4.21. The molecule has 1 rings (SSSR count). The minimum Gasteiger partial charge on any atom is -0.291 e. The first-order valence-corrected chi connectivity index (χ1v) is 4.21. The fourth-order valence-electron chi connectivity index (χ4n) is 1.18. The molecule has 0 aliphatic carbocycles. The van der Waals surface area contributed by atoms with Crippen LogP contribution >= 0.6 is 0 Å².